The third kappa shape index (κ3) is 4.30. The number of morpholine rings is 1. The van der Waals surface area contributed by atoms with Crippen LogP contribution in [-0.4, -0.2) is 57.5 Å². The van der Waals surface area contributed by atoms with Gasteiger partial charge in [-0.05, 0) is 13.8 Å². The van der Waals surface area contributed by atoms with Gasteiger partial charge in [-0.3, -0.25) is 4.79 Å². The zero-order valence-electron chi connectivity index (χ0n) is 13.0. The Hall–Kier alpha value is -1.45. The minimum Gasteiger partial charge on any atom is -0.416 e. The Balaban J connectivity index is 1.56. The third-order valence-corrected chi connectivity index (χ3v) is 5.14. The number of aryl methyl sites for hydroxylation is 1. The third-order valence-electron chi connectivity index (χ3n) is 3.40. The molecule has 0 radical (unpaired) electrons. The van der Waals surface area contributed by atoms with Crippen LogP contribution in [-0.2, 0) is 16.0 Å². The lowest BCUT2D eigenvalue weighted by Gasteiger charge is -2.28. The summed E-state index contributed by atoms with van der Waals surface area (Å²) in [6, 6.07) is 0. The molecule has 0 N–H and O–H groups in total. The van der Waals surface area contributed by atoms with E-state index < -0.39 is 0 Å². The van der Waals surface area contributed by atoms with E-state index in [-0.39, 0.29) is 11.2 Å². The Kier molecular flexibility index (Phi) is 5.29. The molecule has 124 valence electrons. The maximum absolute atomic E-state index is 12.4. The molecule has 1 aliphatic rings. The van der Waals surface area contributed by atoms with Crippen molar-refractivity contribution in [2.45, 2.75) is 30.7 Å². The fraction of sp³-hybridized carbons (Fsp3) is 0.571. The van der Waals surface area contributed by atoms with Crippen molar-refractivity contribution in [2.75, 3.05) is 26.3 Å². The van der Waals surface area contributed by atoms with E-state index in [2.05, 4.69) is 15.2 Å². The van der Waals surface area contributed by atoms with Gasteiger partial charge in [0.2, 0.25) is 11.8 Å². The van der Waals surface area contributed by atoms with Crippen LogP contribution in [0.15, 0.2) is 15.0 Å². The smallest absolute Gasteiger partial charge is 0.277 e. The van der Waals surface area contributed by atoms with E-state index in [1.165, 1.54) is 11.8 Å². The van der Waals surface area contributed by atoms with Gasteiger partial charge in [0.1, 0.15) is 0 Å². The molecule has 0 spiro atoms. The van der Waals surface area contributed by atoms with Gasteiger partial charge in [-0.25, -0.2) is 4.98 Å². The number of ether oxygens (including phenoxy) is 1. The molecule has 3 rings (SSSR count). The van der Waals surface area contributed by atoms with Crippen LogP contribution in [0.25, 0.3) is 0 Å². The molecule has 9 heteroatoms. The summed E-state index contributed by atoms with van der Waals surface area (Å²) in [5.41, 5.74) is 0.921. The number of amides is 1. The van der Waals surface area contributed by atoms with Crippen LogP contribution < -0.4 is 0 Å². The summed E-state index contributed by atoms with van der Waals surface area (Å²) in [5, 5.41) is 11.2. The molecule has 0 aliphatic carbocycles. The van der Waals surface area contributed by atoms with Gasteiger partial charge in [0.15, 0.2) is 0 Å². The van der Waals surface area contributed by atoms with Gasteiger partial charge >= 0.3 is 0 Å². The lowest BCUT2D eigenvalue weighted by molar-refractivity contribution is -0.134. The number of nitrogens with zero attached hydrogens (tertiary/aromatic N) is 4. The van der Waals surface area contributed by atoms with Gasteiger partial charge in [-0.15, -0.1) is 21.5 Å². The summed E-state index contributed by atoms with van der Waals surface area (Å²) < 4.78 is 10.9. The highest BCUT2D eigenvalue weighted by Gasteiger charge is 2.25. The van der Waals surface area contributed by atoms with Crippen molar-refractivity contribution < 1.29 is 13.9 Å². The summed E-state index contributed by atoms with van der Waals surface area (Å²) in [5.74, 6) is 0.594. The van der Waals surface area contributed by atoms with Gasteiger partial charge < -0.3 is 14.1 Å². The van der Waals surface area contributed by atoms with Crippen molar-refractivity contribution in [3.8, 4) is 0 Å². The summed E-state index contributed by atoms with van der Waals surface area (Å²) in [6.07, 6.45) is 0.518. The first-order valence-corrected chi connectivity index (χ1v) is 9.14. The van der Waals surface area contributed by atoms with Crippen molar-refractivity contribution >= 4 is 29.0 Å². The zero-order chi connectivity index (χ0) is 16.2. The molecule has 2 aromatic heterocycles. The molecule has 2 aromatic rings. The van der Waals surface area contributed by atoms with Gasteiger partial charge in [-0.2, -0.15) is 0 Å². The summed E-state index contributed by atoms with van der Waals surface area (Å²) >= 11 is 2.89. The molecule has 1 amide bonds. The van der Waals surface area contributed by atoms with Crippen molar-refractivity contribution in [1.82, 2.24) is 20.1 Å². The number of hydrogen-bond donors (Lipinski definition) is 0. The Bertz CT molecular complexity index is 667. The standard InChI is InChI=1S/C14H18N4O3S2/c1-9(13(19)18-3-5-20-6-4-18)23-14-17-16-12(21-14)7-11-8-22-10(2)15-11/h8-9H,3-7H2,1-2H3. The monoisotopic (exact) mass is 354 g/mol. The Morgan fingerprint density at radius 1 is 1.43 bits per heavy atom. The first-order valence-electron chi connectivity index (χ1n) is 7.38. The SMILES string of the molecule is Cc1nc(Cc2nnc(SC(C)C(=O)N3CCOCC3)o2)cs1. The summed E-state index contributed by atoms with van der Waals surface area (Å²) in [6.45, 7) is 6.30. The number of carbonyl (C=O) groups is 1. The number of carbonyl (C=O) groups excluding carboxylic acids is 1. The van der Waals surface area contributed by atoms with E-state index >= 15 is 0 Å². The van der Waals surface area contributed by atoms with Gasteiger partial charge in [0.25, 0.3) is 5.22 Å². The zero-order valence-corrected chi connectivity index (χ0v) is 14.7. The Morgan fingerprint density at radius 2 is 2.22 bits per heavy atom. The second-order valence-electron chi connectivity index (χ2n) is 5.19. The van der Waals surface area contributed by atoms with Crippen molar-refractivity contribution in [1.29, 1.82) is 0 Å². The normalized spacial score (nSPS) is 16.5. The summed E-state index contributed by atoms with van der Waals surface area (Å²) in [7, 11) is 0. The Morgan fingerprint density at radius 3 is 2.91 bits per heavy atom. The molecule has 0 aromatic carbocycles. The number of rotatable bonds is 5. The van der Waals surface area contributed by atoms with E-state index in [1.807, 2.05) is 24.1 Å². The quantitative estimate of drug-likeness (QED) is 0.757. The van der Waals surface area contributed by atoms with E-state index in [0.29, 0.717) is 43.8 Å². The van der Waals surface area contributed by atoms with Crippen molar-refractivity contribution in [2.24, 2.45) is 0 Å². The molecular formula is C14H18N4O3S2. The van der Waals surface area contributed by atoms with E-state index in [9.17, 15) is 4.79 Å². The number of thioether (sulfide) groups is 1. The number of thiazole rings is 1. The van der Waals surface area contributed by atoms with Crippen molar-refractivity contribution in [3.05, 3.63) is 22.0 Å². The highest BCUT2D eigenvalue weighted by Crippen LogP contribution is 2.24. The van der Waals surface area contributed by atoms with Crippen molar-refractivity contribution in [3.63, 3.8) is 0 Å². The summed E-state index contributed by atoms with van der Waals surface area (Å²) in [4.78, 5) is 18.5. The lowest BCUT2D eigenvalue weighted by Crippen LogP contribution is -2.44. The molecule has 23 heavy (non-hydrogen) atoms. The molecular weight excluding hydrogens is 336 g/mol. The lowest BCUT2D eigenvalue weighted by atomic mass is 10.3. The molecule has 1 saturated heterocycles. The average Bonchev–Trinajstić information content (AvgIpc) is 3.17. The van der Waals surface area contributed by atoms with Gasteiger partial charge in [0.05, 0.1) is 35.6 Å². The molecule has 1 aliphatic heterocycles. The van der Waals surface area contributed by atoms with Crippen LogP contribution in [0.1, 0.15) is 23.5 Å². The number of hydrogen-bond acceptors (Lipinski definition) is 8. The highest BCUT2D eigenvalue weighted by atomic mass is 32.2. The van der Waals surface area contributed by atoms with Crippen LogP contribution >= 0.6 is 23.1 Å². The first-order chi connectivity index (χ1) is 11.1. The van der Waals surface area contributed by atoms with Crippen LogP contribution in [0, 0.1) is 6.92 Å². The van der Waals surface area contributed by atoms with Crippen LogP contribution in [0.5, 0.6) is 0 Å². The first kappa shape index (κ1) is 16.4. The molecule has 7 nitrogen and oxygen atoms in total. The van der Waals surface area contributed by atoms with Gasteiger partial charge in [-0.1, -0.05) is 11.8 Å². The van der Waals surface area contributed by atoms with E-state index in [1.54, 1.807) is 11.3 Å². The van der Waals surface area contributed by atoms with E-state index in [4.69, 9.17) is 9.15 Å². The van der Waals surface area contributed by atoms with Crippen LogP contribution in [0.2, 0.25) is 0 Å². The minimum atomic E-state index is -0.261. The maximum Gasteiger partial charge on any atom is 0.277 e. The van der Waals surface area contributed by atoms with Crippen LogP contribution in [0.3, 0.4) is 0 Å². The second kappa shape index (κ2) is 7.41. The second-order valence-corrected chi connectivity index (χ2v) is 7.55. The predicted octanol–water partition coefficient (Wildman–Crippen LogP) is 1.76. The molecule has 1 atom stereocenters. The number of aromatic nitrogens is 3. The van der Waals surface area contributed by atoms with E-state index in [0.717, 1.165) is 10.7 Å². The largest absolute Gasteiger partial charge is 0.416 e. The minimum absolute atomic E-state index is 0.0770. The highest BCUT2D eigenvalue weighted by molar-refractivity contribution is 8.00. The molecule has 0 bridgehead atoms. The van der Waals surface area contributed by atoms with Crippen LogP contribution in [0.4, 0.5) is 0 Å². The Labute approximate surface area is 142 Å². The molecule has 0 saturated carbocycles. The molecule has 1 fully saturated rings. The predicted molar refractivity (Wildman–Crippen MR) is 86.7 cm³/mol. The molecule has 1 unspecified atom stereocenters. The molecule has 3 heterocycles. The average molecular weight is 354 g/mol. The fourth-order valence-electron chi connectivity index (χ4n) is 2.24. The maximum atomic E-state index is 12.4. The van der Waals surface area contributed by atoms with Gasteiger partial charge in [0, 0.05) is 18.5 Å². The fourth-order valence-corrected chi connectivity index (χ4v) is 3.64. The topological polar surface area (TPSA) is 81.4 Å².